The summed E-state index contributed by atoms with van der Waals surface area (Å²) in [6, 6.07) is 51.3. The summed E-state index contributed by atoms with van der Waals surface area (Å²) in [6.07, 6.45) is 0. The molecule has 0 amide bonds. The summed E-state index contributed by atoms with van der Waals surface area (Å²) < 4.78 is 19.0. The lowest BCUT2D eigenvalue weighted by Crippen LogP contribution is -1.91. The van der Waals surface area contributed by atoms with Crippen molar-refractivity contribution < 1.29 is 13.3 Å². The molecule has 0 radical (unpaired) electrons. The highest BCUT2D eigenvalue weighted by Gasteiger charge is 2.21. The number of para-hydroxylation sites is 2. The highest BCUT2D eigenvalue weighted by molar-refractivity contribution is 6.28. The molecule has 0 aliphatic carbocycles. The normalized spacial score (nSPS) is 12.3. The number of rotatable bonds is 2. The van der Waals surface area contributed by atoms with Crippen molar-refractivity contribution in [1.82, 2.24) is 0 Å². The van der Waals surface area contributed by atoms with Crippen molar-refractivity contribution in [2.24, 2.45) is 0 Å². The first kappa shape index (κ1) is 24.9. The Morgan fingerprint density at radius 2 is 0.702 bits per heavy atom. The van der Waals surface area contributed by atoms with Gasteiger partial charge < -0.3 is 13.3 Å². The number of hydrogen-bond acceptors (Lipinski definition) is 3. The summed E-state index contributed by atoms with van der Waals surface area (Å²) in [5, 5.41) is 11.5. The van der Waals surface area contributed by atoms with E-state index in [1.165, 1.54) is 38.2 Å². The van der Waals surface area contributed by atoms with Gasteiger partial charge in [-0.05, 0) is 86.3 Å². The summed E-state index contributed by atoms with van der Waals surface area (Å²) in [4.78, 5) is 0. The quantitative estimate of drug-likeness (QED) is 0.185. The number of hydrogen-bond donors (Lipinski definition) is 0. The highest BCUT2D eigenvalue weighted by atomic mass is 16.3. The van der Waals surface area contributed by atoms with Gasteiger partial charge in [0.1, 0.15) is 33.5 Å². The van der Waals surface area contributed by atoms with Gasteiger partial charge in [0.05, 0.1) is 0 Å². The van der Waals surface area contributed by atoms with Crippen LogP contribution < -0.4 is 0 Å². The Kier molecular flexibility index (Phi) is 4.84. The second-order valence-electron chi connectivity index (χ2n) is 12.3. The lowest BCUT2D eigenvalue weighted by molar-refractivity contribution is 0.663. The van der Waals surface area contributed by atoms with Gasteiger partial charge in [0.25, 0.3) is 0 Å². The van der Waals surface area contributed by atoms with Crippen molar-refractivity contribution >= 4 is 87.4 Å². The third kappa shape index (κ3) is 3.35. The SMILES string of the molecule is c1ccc2c(c1)oc1cccc(-c3c4ccccc4c(-c4ccc5oc6ccc7oc8ccccc8c7c6c5c4)c4ccccc34)c12. The molecule has 0 saturated heterocycles. The first-order valence-electron chi connectivity index (χ1n) is 15.9. The summed E-state index contributed by atoms with van der Waals surface area (Å²) in [5.41, 5.74) is 10.0. The first-order chi connectivity index (χ1) is 23.3. The van der Waals surface area contributed by atoms with Crippen LogP contribution in [0.3, 0.4) is 0 Å². The van der Waals surface area contributed by atoms with Crippen LogP contribution in [-0.4, -0.2) is 0 Å². The van der Waals surface area contributed by atoms with Crippen LogP contribution in [0.4, 0.5) is 0 Å². The lowest BCUT2D eigenvalue weighted by atomic mass is 9.84. The van der Waals surface area contributed by atoms with Gasteiger partial charge in [-0.1, -0.05) is 103 Å². The summed E-state index contributed by atoms with van der Waals surface area (Å²) in [5.74, 6) is 0. The fourth-order valence-corrected chi connectivity index (χ4v) is 7.95. The standard InChI is InChI=1S/C44H24O3/c1-3-12-28-26(10-1)40(25-20-21-36-33(24-25)44-39(47-36)23-22-38-43(44)31-15-6-8-18-35(31)46-38)27-11-2-4-13-29(27)41(28)32-16-9-19-37-42(32)30-14-5-7-17-34(30)45-37/h1-24H. The number of benzene rings is 8. The fourth-order valence-electron chi connectivity index (χ4n) is 7.95. The van der Waals surface area contributed by atoms with Crippen LogP contribution in [0.2, 0.25) is 0 Å². The highest BCUT2D eigenvalue weighted by Crippen LogP contribution is 2.48. The second kappa shape index (κ2) is 9.12. The number of furan rings is 3. The van der Waals surface area contributed by atoms with Crippen molar-refractivity contribution in [3.63, 3.8) is 0 Å². The van der Waals surface area contributed by atoms with E-state index in [1.54, 1.807) is 0 Å². The predicted molar refractivity (Wildman–Crippen MR) is 194 cm³/mol. The third-order valence-corrected chi connectivity index (χ3v) is 9.87. The molecule has 3 aromatic heterocycles. The van der Waals surface area contributed by atoms with E-state index in [-0.39, 0.29) is 0 Å². The molecule has 0 bridgehead atoms. The van der Waals surface area contributed by atoms with Gasteiger partial charge in [-0.2, -0.15) is 0 Å². The van der Waals surface area contributed by atoms with E-state index < -0.39 is 0 Å². The summed E-state index contributed by atoms with van der Waals surface area (Å²) in [7, 11) is 0. The van der Waals surface area contributed by atoms with Crippen molar-refractivity contribution in [3.05, 3.63) is 146 Å². The Balaban J connectivity index is 1.26. The van der Waals surface area contributed by atoms with E-state index in [4.69, 9.17) is 13.3 Å². The van der Waals surface area contributed by atoms with Crippen molar-refractivity contribution in [2.45, 2.75) is 0 Å². The Morgan fingerprint density at radius 3 is 1.32 bits per heavy atom. The maximum atomic E-state index is 6.44. The minimum Gasteiger partial charge on any atom is -0.456 e. The van der Waals surface area contributed by atoms with Crippen LogP contribution in [0.15, 0.2) is 159 Å². The third-order valence-electron chi connectivity index (χ3n) is 9.87. The molecule has 0 N–H and O–H groups in total. The number of fused-ring (bicyclic) bond motifs is 12. The molecule has 218 valence electrons. The van der Waals surface area contributed by atoms with Gasteiger partial charge in [0.15, 0.2) is 0 Å². The van der Waals surface area contributed by atoms with E-state index in [2.05, 4.69) is 109 Å². The van der Waals surface area contributed by atoms with Gasteiger partial charge in [-0.25, -0.2) is 0 Å². The molecule has 0 fully saturated rings. The lowest BCUT2D eigenvalue weighted by Gasteiger charge is -2.18. The van der Waals surface area contributed by atoms with E-state index in [0.717, 1.165) is 71.4 Å². The molecule has 0 spiro atoms. The average molecular weight is 601 g/mol. The molecule has 47 heavy (non-hydrogen) atoms. The zero-order valence-corrected chi connectivity index (χ0v) is 25.1. The van der Waals surface area contributed by atoms with Crippen LogP contribution >= 0.6 is 0 Å². The first-order valence-corrected chi connectivity index (χ1v) is 15.9. The van der Waals surface area contributed by atoms with Gasteiger partial charge in [0, 0.05) is 32.3 Å². The molecule has 11 rings (SSSR count). The Bertz CT molecular complexity index is 3020. The van der Waals surface area contributed by atoms with Crippen molar-refractivity contribution in [1.29, 1.82) is 0 Å². The Morgan fingerprint density at radius 1 is 0.277 bits per heavy atom. The smallest absolute Gasteiger partial charge is 0.136 e. The van der Waals surface area contributed by atoms with Crippen LogP contribution in [0.1, 0.15) is 0 Å². The van der Waals surface area contributed by atoms with Gasteiger partial charge in [-0.15, -0.1) is 0 Å². The molecule has 0 aliphatic rings. The molecular weight excluding hydrogens is 576 g/mol. The van der Waals surface area contributed by atoms with Gasteiger partial charge >= 0.3 is 0 Å². The molecule has 8 aromatic carbocycles. The topological polar surface area (TPSA) is 39.4 Å². The van der Waals surface area contributed by atoms with Crippen LogP contribution in [-0.2, 0) is 0 Å². The molecule has 3 heteroatoms. The Labute approximate surface area is 267 Å². The molecule has 0 aliphatic heterocycles. The molecular formula is C44H24O3. The molecule has 0 atom stereocenters. The predicted octanol–water partition coefficient (Wildman–Crippen LogP) is 13.0. The van der Waals surface area contributed by atoms with E-state index in [9.17, 15) is 0 Å². The second-order valence-corrected chi connectivity index (χ2v) is 12.3. The zero-order valence-electron chi connectivity index (χ0n) is 25.1. The van der Waals surface area contributed by atoms with Crippen LogP contribution in [0.25, 0.3) is 110 Å². The minimum absolute atomic E-state index is 0.863. The molecule has 3 nitrogen and oxygen atoms in total. The van der Waals surface area contributed by atoms with Crippen molar-refractivity contribution in [3.8, 4) is 22.3 Å². The van der Waals surface area contributed by atoms with Gasteiger partial charge in [-0.3, -0.25) is 0 Å². The molecule has 0 saturated carbocycles. The minimum atomic E-state index is 0.863. The van der Waals surface area contributed by atoms with Gasteiger partial charge in [0.2, 0.25) is 0 Å². The maximum Gasteiger partial charge on any atom is 0.136 e. The van der Waals surface area contributed by atoms with E-state index in [1.807, 2.05) is 36.4 Å². The fraction of sp³-hybridized carbons (Fsp3) is 0. The van der Waals surface area contributed by atoms with Crippen LogP contribution in [0, 0.1) is 0 Å². The average Bonchev–Trinajstić information content (AvgIpc) is 3.81. The summed E-state index contributed by atoms with van der Waals surface area (Å²) in [6.45, 7) is 0. The summed E-state index contributed by atoms with van der Waals surface area (Å²) >= 11 is 0. The maximum absolute atomic E-state index is 6.44. The molecule has 11 aromatic rings. The van der Waals surface area contributed by atoms with E-state index >= 15 is 0 Å². The monoisotopic (exact) mass is 600 g/mol. The largest absolute Gasteiger partial charge is 0.456 e. The van der Waals surface area contributed by atoms with E-state index in [0.29, 0.717) is 0 Å². The zero-order chi connectivity index (χ0) is 30.6. The van der Waals surface area contributed by atoms with Crippen LogP contribution in [0.5, 0.6) is 0 Å². The molecule has 3 heterocycles. The molecule has 0 unspecified atom stereocenters. The van der Waals surface area contributed by atoms with Crippen molar-refractivity contribution in [2.75, 3.05) is 0 Å². The Hall–Kier alpha value is -6.32.